The van der Waals surface area contributed by atoms with E-state index < -0.39 is 0 Å². The predicted molar refractivity (Wildman–Crippen MR) is 82.7 cm³/mol. The van der Waals surface area contributed by atoms with Crippen LogP contribution in [0.15, 0.2) is 79.1 Å². The molecule has 2 aromatic carbocycles. The van der Waals surface area contributed by atoms with E-state index in [9.17, 15) is 0 Å². The number of hydrogen-bond donors (Lipinski definition) is 0. The summed E-state index contributed by atoms with van der Waals surface area (Å²) in [5, 5.41) is 0. The van der Waals surface area contributed by atoms with E-state index in [0.29, 0.717) is 0 Å². The van der Waals surface area contributed by atoms with Gasteiger partial charge < -0.3 is 0 Å². The average Bonchev–Trinajstić information content (AvgIpc) is 2.51. The van der Waals surface area contributed by atoms with E-state index in [1.165, 1.54) is 22.3 Å². The van der Waals surface area contributed by atoms with Gasteiger partial charge in [0.2, 0.25) is 0 Å². The standard InChI is InChI=1S/C19H17N/c1-3-7-16(8-4-1)13-18-11-12-20-15-19(18)14-17-9-5-2-6-10-17/h1-12,15H,13-14H2. The van der Waals surface area contributed by atoms with E-state index in [2.05, 4.69) is 71.7 Å². The molecule has 0 atom stereocenters. The first-order valence-corrected chi connectivity index (χ1v) is 6.91. The monoisotopic (exact) mass is 259 g/mol. The van der Waals surface area contributed by atoms with E-state index in [0.717, 1.165) is 12.8 Å². The Bertz CT molecular complexity index is 599. The summed E-state index contributed by atoms with van der Waals surface area (Å²) in [6.07, 6.45) is 5.78. The fraction of sp³-hybridized carbons (Fsp3) is 0.105. The largest absolute Gasteiger partial charge is 0.264 e. The molecule has 1 nitrogen and oxygen atoms in total. The van der Waals surface area contributed by atoms with Crippen LogP contribution in [-0.2, 0) is 12.8 Å². The lowest BCUT2D eigenvalue weighted by Gasteiger charge is -2.09. The highest BCUT2D eigenvalue weighted by atomic mass is 14.6. The van der Waals surface area contributed by atoms with E-state index in [1.54, 1.807) is 0 Å². The lowest BCUT2D eigenvalue weighted by molar-refractivity contribution is 1.06. The van der Waals surface area contributed by atoms with Crippen molar-refractivity contribution in [2.24, 2.45) is 0 Å². The predicted octanol–water partition coefficient (Wildman–Crippen LogP) is 4.26. The van der Waals surface area contributed by atoms with Crippen LogP contribution in [0.1, 0.15) is 22.3 Å². The second-order valence-electron chi connectivity index (χ2n) is 4.97. The molecule has 20 heavy (non-hydrogen) atoms. The molecule has 98 valence electrons. The number of pyridine rings is 1. The third kappa shape index (κ3) is 3.12. The molecular formula is C19H17N. The molecule has 3 rings (SSSR count). The first-order chi connectivity index (χ1) is 9.92. The highest BCUT2D eigenvalue weighted by Crippen LogP contribution is 2.16. The zero-order valence-electron chi connectivity index (χ0n) is 11.4. The molecule has 0 N–H and O–H groups in total. The molecule has 0 saturated heterocycles. The summed E-state index contributed by atoms with van der Waals surface area (Å²) in [5.41, 5.74) is 5.33. The van der Waals surface area contributed by atoms with E-state index in [1.807, 2.05) is 12.4 Å². The van der Waals surface area contributed by atoms with Crippen molar-refractivity contribution >= 4 is 0 Å². The van der Waals surface area contributed by atoms with Crippen LogP contribution in [0.4, 0.5) is 0 Å². The molecule has 1 heterocycles. The van der Waals surface area contributed by atoms with Gasteiger partial charge in [0, 0.05) is 12.4 Å². The molecule has 0 radical (unpaired) electrons. The van der Waals surface area contributed by atoms with Crippen LogP contribution in [-0.4, -0.2) is 4.98 Å². The van der Waals surface area contributed by atoms with Gasteiger partial charge in [0.15, 0.2) is 0 Å². The fourth-order valence-electron chi connectivity index (χ4n) is 2.42. The Balaban J connectivity index is 1.85. The Kier molecular flexibility index (Phi) is 3.88. The van der Waals surface area contributed by atoms with Gasteiger partial charge in [-0.05, 0) is 41.2 Å². The Labute approximate surface area is 119 Å². The first kappa shape index (κ1) is 12.6. The van der Waals surface area contributed by atoms with Gasteiger partial charge in [-0.2, -0.15) is 0 Å². The maximum atomic E-state index is 4.28. The summed E-state index contributed by atoms with van der Waals surface area (Å²) in [5.74, 6) is 0. The Hall–Kier alpha value is -2.41. The average molecular weight is 259 g/mol. The maximum absolute atomic E-state index is 4.28. The van der Waals surface area contributed by atoms with E-state index >= 15 is 0 Å². The zero-order valence-corrected chi connectivity index (χ0v) is 11.4. The minimum Gasteiger partial charge on any atom is -0.264 e. The van der Waals surface area contributed by atoms with Crippen molar-refractivity contribution in [3.05, 3.63) is 101 Å². The minimum atomic E-state index is 0.941. The minimum absolute atomic E-state index is 0.941. The summed E-state index contributed by atoms with van der Waals surface area (Å²) in [6.45, 7) is 0. The maximum Gasteiger partial charge on any atom is 0.0306 e. The topological polar surface area (TPSA) is 12.9 Å². The van der Waals surface area contributed by atoms with Crippen LogP contribution in [0.3, 0.4) is 0 Å². The molecule has 0 aliphatic carbocycles. The second-order valence-corrected chi connectivity index (χ2v) is 4.97. The Morgan fingerprint density at radius 1 is 0.600 bits per heavy atom. The van der Waals surface area contributed by atoms with Gasteiger partial charge in [0.25, 0.3) is 0 Å². The van der Waals surface area contributed by atoms with Crippen LogP contribution in [0.25, 0.3) is 0 Å². The normalized spacial score (nSPS) is 10.4. The van der Waals surface area contributed by atoms with Gasteiger partial charge in [0.05, 0.1) is 0 Å². The summed E-state index contributed by atoms with van der Waals surface area (Å²) >= 11 is 0. The summed E-state index contributed by atoms with van der Waals surface area (Å²) < 4.78 is 0. The third-order valence-electron chi connectivity index (χ3n) is 3.48. The lowest BCUT2D eigenvalue weighted by Crippen LogP contribution is -1.98. The van der Waals surface area contributed by atoms with E-state index in [-0.39, 0.29) is 0 Å². The highest BCUT2D eigenvalue weighted by Gasteiger charge is 2.04. The van der Waals surface area contributed by atoms with Crippen LogP contribution >= 0.6 is 0 Å². The van der Waals surface area contributed by atoms with Crippen molar-refractivity contribution in [1.29, 1.82) is 0 Å². The smallest absolute Gasteiger partial charge is 0.0306 e. The molecular weight excluding hydrogens is 242 g/mol. The van der Waals surface area contributed by atoms with Gasteiger partial charge >= 0.3 is 0 Å². The van der Waals surface area contributed by atoms with Gasteiger partial charge in [-0.1, -0.05) is 60.7 Å². The molecule has 0 saturated carbocycles. The van der Waals surface area contributed by atoms with Crippen LogP contribution in [0.2, 0.25) is 0 Å². The number of benzene rings is 2. The fourth-order valence-corrected chi connectivity index (χ4v) is 2.42. The zero-order chi connectivity index (χ0) is 13.6. The molecule has 1 aromatic heterocycles. The summed E-state index contributed by atoms with van der Waals surface area (Å²) in [7, 11) is 0. The van der Waals surface area contributed by atoms with Crippen molar-refractivity contribution in [3.63, 3.8) is 0 Å². The van der Waals surface area contributed by atoms with Gasteiger partial charge in [-0.3, -0.25) is 4.98 Å². The molecule has 0 amide bonds. The van der Waals surface area contributed by atoms with Gasteiger partial charge in [-0.15, -0.1) is 0 Å². The number of hydrogen-bond acceptors (Lipinski definition) is 1. The number of aromatic nitrogens is 1. The second kappa shape index (κ2) is 6.16. The van der Waals surface area contributed by atoms with Crippen LogP contribution < -0.4 is 0 Å². The van der Waals surface area contributed by atoms with Gasteiger partial charge in [-0.25, -0.2) is 0 Å². The Morgan fingerprint density at radius 2 is 1.15 bits per heavy atom. The quantitative estimate of drug-likeness (QED) is 0.682. The molecule has 0 aliphatic rings. The van der Waals surface area contributed by atoms with Crippen molar-refractivity contribution in [3.8, 4) is 0 Å². The first-order valence-electron chi connectivity index (χ1n) is 6.91. The third-order valence-corrected chi connectivity index (χ3v) is 3.48. The van der Waals surface area contributed by atoms with Crippen molar-refractivity contribution < 1.29 is 0 Å². The lowest BCUT2D eigenvalue weighted by atomic mass is 9.97. The molecule has 3 aromatic rings. The van der Waals surface area contributed by atoms with Crippen molar-refractivity contribution in [1.82, 2.24) is 4.98 Å². The molecule has 1 heteroatoms. The molecule has 0 bridgehead atoms. The van der Waals surface area contributed by atoms with Crippen molar-refractivity contribution in [2.75, 3.05) is 0 Å². The highest BCUT2D eigenvalue weighted by molar-refractivity contribution is 5.34. The van der Waals surface area contributed by atoms with Crippen molar-refractivity contribution in [2.45, 2.75) is 12.8 Å². The Morgan fingerprint density at radius 3 is 1.75 bits per heavy atom. The molecule has 0 unspecified atom stereocenters. The number of rotatable bonds is 4. The van der Waals surface area contributed by atoms with Crippen LogP contribution in [0.5, 0.6) is 0 Å². The molecule has 0 spiro atoms. The molecule has 0 fully saturated rings. The van der Waals surface area contributed by atoms with E-state index in [4.69, 9.17) is 0 Å². The summed E-state index contributed by atoms with van der Waals surface area (Å²) in [4.78, 5) is 4.28. The number of nitrogens with zero attached hydrogens (tertiary/aromatic N) is 1. The van der Waals surface area contributed by atoms with Crippen LogP contribution in [0, 0.1) is 0 Å². The molecule has 0 aliphatic heterocycles. The summed E-state index contributed by atoms with van der Waals surface area (Å²) in [6, 6.07) is 23.3. The SMILES string of the molecule is c1ccc(Cc2ccncc2Cc2ccccc2)cc1. The van der Waals surface area contributed by atoms with Gasteiger partial charge in [0.1, 0.15) is 0 Å².